The average Bonchev–Trinajstić information content (AvgIpc) is 2.20. The van der Waals surface area contributed by atoms with Crippen molar-refractivity contribution in [2.45, 2.75) is 24.9 Å². The van der Waals surface area contributed by atoms with Gasteiger partial charge in [-0.05, 0) is 30.0 Å². The molecular weight excluding hydrogens is 200 g/mol. The van der Waals surface area contributed by atoms with Crippen molar-refractivity contribution in [1.29, 1.82) is 0 Å². The monoisotopic (exact) mass is 210 g/mol. The number of aldehydes is 1. The minimum atomic E-state index is -1.21. The van der Waals surface area contributed by atoms with E-state index in [0.717, 1.165) is 11.1 Å². The normalized spacial score (nSPS) is 25.6. The van der Waals surface area contributed by atoms with Gasteiger partial charge in [-0.3, -0.25) is 0 Å². The molecule has 1 atom stereocenters. The molecule has 1 aliphatic rings. The highest BCUT2D eigenvalue weighted by atomic mass is 35.5. The van der Waals surface area contributed by atoms with Crippen LogP contribution in [-0.4, -0.2) is 17.0 Å². The van der Waals surface area contributed by atoms with Gasteiger partial charge >= 0.3 is 0 Å². The van der Waals surface area contributed by atoms with Gasteiger partial charge in [-0.25, -0.2) is 0 Å². The third-order valence-corrected chi connectivity index (χ3v) is 3.10. The van der Waals surface area contributed by atoms with E-state index in [2.05, 4.69) is 0 Å². The van der Waals surface area contributed by atoms with Crippen LogP contribution in [0.4, 0.5) is 0 Å². The maximum Gasteiger partial charge on any atom is 0.151 e. The van der Waals surface area contributed by atoms with E-state index >= 15 is 0 Å². The molecule has 0 amide bonds. The summed E-state index contributed by atoms with van der Waals surface area (Å²) >= 11 is 6.00. The highest BCUT2D eigenvalue weighted by Crippen LogP contribution is 2.31. The third-order valence-electron chi connectivity index (χ3n) is 2.75. The Morgan fingerprint density at radius 1 is 1.50 bits per heavy atom. The summed E-state index contributed by atoms with van der Waals surface area (Å²) < 4.78 is 0. The van der Waals surface area contributed by atoms with Gasteiger partial charge in [-0.1, -0.05) is 23.7 Å². The molecule has 1 N–H and O–H groups in total. The van der Waals surface area contributed by atoms with Gasteiger partial charge in [0.1, 0.15) is 5.60 Å². The molecule has 0 aliphatic heterocycles. The lowest BCUT2D eigenvalue weighted by Crippen LogP contribution is -2.37. The minimum absolute atomic E-state index is 0.339. The number of carbonyl (C=O) groups is 1. The zero-order valence-electron chi connectivity index (χ0n) is 7.66. The van der Waals surface area contributed by atoms with Crippen LogP contribution in [0, 0.1) is 0 Å². The number of halogens is 1. The van der Waals surface area contributed by atoms with Gasteiger partial charge in [0.05, 0.1) is 0 Å². The summed E-state index contributed by atoms with van der Waals surface area (Å²) in [6.07, 6.45) is 2.17. The molecule has 3 heteroatoms. The Morgan fingerprint density at radius 2 is 2.29 bits per heavy atom. The van der Waals surface area contributed by atoms with Gasteiger partial charge in [0, 0.05) is 11.4 Å². The molecule has 0 bridgehead atoms. The molecule has 2 rings (SSSR count). The maximum atomic E-state index is 10.7. The topological polar surface area (TPSA) is 37.3 Å². The number of benzene rings is 1. The lowest BCUT2D eigenvalue weighted by molar-refractivity contribution is -0.125. The summed E-state index contributed by atoms with van der Waals surface area (Å²) in [4.78, 5) is 10.7. The third kappa shape index (κ3) is 1.56. The fourth-order valence-electron chi connectivity index (χ4n) is 1.88. The summed E-state index contributed by atoms with van der Waals surface area (Å²) in [5.74, 6) is 0. The van der Waals surface area contributed by atoms with E-state index in [1.54, 1.807) is 6.07 Å². The standard InChI is InChI=1S/C11H11ClO2/c12-10-3-1-2-8-4-5-11(14,7-13)6-9(8)10/h1-3,7,14H,4-6H2. The molecule has 0 saturated heterocycles. The molecule has 1 unspecified atom stereocenters. The van der Waals surface area contributed by atoms with E-state index in [0.29, 0.717) is 30.6 Å². The van der Waals surface area contributed by atoms with E-state index in [4.69, 9.17) is 11.6 Å². The highest BCUT2D eigenvalue weighted by molar-refractivity contribution is 6.31. The molecule has 14 heavy (non-hydrogen) atoms. The van der Waals surface area contributed by atoms with Crippen molar-refractivity contribution in [2.24, 2.45) is 0 Å². The number of fused-ring (bicyclic) bond motifs is 1. The molecule has 1 aliphatic carbocycles. The van der Waals surface area contributed by atoms with Gasteiger partial charge < -0.3 is 9.90 Å². The number of carbonyl (C=O) groups excluding carboxylic acids is 1. The number of aryl methyl sites for hydroxylation is 1. The van der Waals surface area contributed by atoms with Crippen LogP contribution in [0.25, 0.3) is 0 Å². The van der Waals surface area contributed by atoms with Crippen LogP contribution in [0.3, 0.4) is 0 Å². The molecule has 1 aromatic rings. The van der Waals surface area contributed by atoms with Crippen LogP contribution in [-0.2, 0) is 17.6 Å². The second-order valence-electron chi connectivity index (χ2n) is 3.78. The number of hydrogen-bond donors (Lipinski definition) is 1. The van der Waals surface area contributed by atoms with Crippen molar-refractivity contribution in [2.75, 3.05) is 0 Å². The first kappa shape index (κ1) is 9.69. The highest BCUT2D eigenvalue weighted by Gasteiger charge is 2.32. The van der Waals surface area contributed by atoms with Crippen LogP contribution in [0.2, 0.25) is 5.02 Å². The number of aliphatic hydroxyl groups is 1. The summed E-state index contributed by atoms with van der Waals surface area (Å²) in [6.45, 7) is 0. The van der Waals surface area contributed by atoms with Crippen LogP contribution in [0.5, 0.6) is 0 Å². The van der Waals surface area contributed by atoms with Crippen LogP contribution >= 0.6 is 11.6 Å². The van der Waals surface area contributed by atoms with Gasteiger partial charge in [-0.2, -0.15) is 0 Å². The molecule has 0 fully saturated rings. The van der Waals surface area contributed by atoms with Crippen molar-refractivity contribution in [1.82, 2.24) is 0 Å². The Balaban J connectivity index is 2.43. The first-order chi connectivity index (χ1) is 6.64. The summed E-state index contributed by atoms with van der Waals surface area (Å²) in [5.41, 5.74) is 0.844. The van der Waals surface area contributed by atoms with Crippen LogP contribution < -0.4 is 0 Å². The van der Waals surface area contributed by atoms with E-state index in [9.17, 15) is 9.90 Å². The lowest BCUT2D eigenvalue weighted by Gasteiger charge is -2.29. The van der Waals surface area contributed by atoms with Gasteiger partial charge in [0.25, 0.3) is 0 Å². The molecule has 0 heterocycles. The second kappa shape index (κ2) is 3.37. The fourth-order valence-corrected chi connectivity index (χ4v) is 2.14. The molecule has 0 aromatic heterocycles. The molecule has 0 saturated carbocycles. The zero-order valence-corrected chi connectivity index (χ0v) is 8.42. The van der Waals surface area contributed by atoms with Crippen LogP contribution in [0.15, 0.2) is 18.2 Å². The second-order valence-corrected chi connectivity index (χ2v) is 4.18. The molecule has 74 valence electrons. The summed E-state index contributed by atoms with van der Waals surface area (Å²) in [5, 5.41) is 10.5. The average molecular weight is 211 g/mol. The van der Waals surface area contributed by atoms with Gasteiger partial charge in [0.2, 0.25) is 0 Å². The maximum absolute atomic E-state index is 10.7. The Labute approximate surface area is 87.5 Å². The van der Waals surface area contributed by atoms with Gasteiger partial charge in [-0.15, -0.1) is 0 Å². The molecular formula is C11H11ClO2. The quantitative estimate of drug-likeness (QED) is 0.718. The summed E-state index contributed by atoms with van der Waals surface area (Å²) in [6, 6.07) is 5.68. The predicted molar refractivity (Wildman–Crippen MR) is 54.5 cm³/mol. The Bertz CT molecular complexity index is 376. The molecule has 0 radical (unpaired) electrons. The first-order valence-electron chi connectivity index (χ1n) is 4.60. The predicted octanol–water partition coefficient (Wildman–Crippen LogP) is 1.76. The Hall–Kier alpha value is -0.860. The van der Waals surface area contributed by atoms with Crippen molar-refractivity contribution in [3.8, 4) is 0 Å². The van der Waals surface area contributed by atoms with E-state index < -0.39 is 5.60 Å². The van der Waals surface area contributed by atoms with E-state index in [1.165, 1.54) is 0 Å². The van der Waals surface area contributed by atoms with Crippen molar-refractivity contribution in [3.63, 3.8) is 0 Å². The smallest absolute Gasteiger partial charge is 0.151 e. The minimum Gasteiger partial charge on any atom is -0.382 e. The Kier molecular flexibility index (Phi) is 2.33. The number of hydrogen-bond acceptors (Lipinski definition) is 2. The Morgan fingerprint density at radius 3 is 3.00 bits per heavy atom. The fraction of sp³-hybridized carbons (Fsp3) is 0.364. The SMILES string of the molecule is O=CC1(O)CCc2cccc(Cl)c2C1. The first-order valence-corrected chi connectivity index (χ1v) is 4.97. The lowest BCUT2D eigenvalue weighted by atomic mass is 9.81. The van der Waals surface area contributed by atoms with Crippen molar-refractivity contribution >= 4 is 17.9 Å². The largest absolute Gasteiger partial charge is 0.382 e. The molecule has 0 spiro atoms. The molecule has 1 aromatic carbocycles. The van der Waals surface area contributed by atoms with E-state index in [-0.39, 0.29) is 0 Å². The van der Waals surface area contributed by atoms with Crippen molar-refractivity contribution in [3.05, 3.63) is 34.3 Å². The number of rotatable bonds is 1. The van der Waals surface area contributed by atoms with Crippen LogP contribution in [0.1, 0.15) is 17.5 Å². The molecule has 2 nitrogen and oxygen atoms in total. The summed E-state index contributed by atoms with van der Waals surface area (Å²) in [7, 11) is 0. The van der Waals surface area contributed by atoms with Gasteiger partial charge in [0.15, 0.2) is 6.29 Å². The zero-order chi connectivity index (χ0) is 10.2. The van der Waals surface area contributed by atoms with Crippen molar-refractivity contribution < 1.29 is 9.90 Å². The van der Waals surface area contributed by atoms with E-state index in [1.807, 2.05) is 12.1 Å².